The number of nitrogens with zero attached hydrogens (tertiary/aromatic N) is 3. The molecule has 0 atom stereocenters. The minimum atomic E-state index is -0.557. The number of hydrazine groups is 1. The molecule has 3 aliphatic rings. The topological polar surface area (TPSA) is 90.0 Å². The van der Waals surface area contributed by atoms with Gasteiger partial charge in [0.15, 0.2) is 0 Å². The Morgan fingerprint density at radius 1 is 1.04 bits per heavy atom. The highest BCUT2D eigenvalue weighted by atomic mass is 16.2. The van der Waals surface area contributed by atoms with Gasteiger partial charge in [-0.25, -0.2) is 14.8 Å². The third-order valence-corrected chi connectivity index (χ3v) is 5.29. The molecule has 2 saturated heterocycles. The van der Waals surface area contributed by atoms with Crippen LogP contribution in [0.4, 0.5) is 10.5 Å². The van der Waals surface area contributed by atoms with Crippen LogP contribution in [0.1, 0.15) is 35.2 Å². The number of carbonyl (C=O) groups is 4. The Morgan fingerprint density at radius 3 is 2.50 bits per heavy atom. The number of rotatable bonds is 3. The monoisotopic (exact) mass is 356 g/mol. The summed E-state index contributed by atoms with van der Waals surface area (Å²) in [7, 11) is 0. The molecule has 1 aromatic rings. The van der Waals surface area contributed by atoms with E-state index in [2.05, 4.69) is 10.2 Å². The van der Waals surface area contributed by atoms with Gasteiger partial charge in [-0.15, -0.1) is 0 Å². The highest BCUT2D eigenvalue weighted by molar-refractivity contribution is 6.02. The number of anilines is 1. The predicted molar refractivity (Wildman–Crippen MR) is 92.2 cm³/mol. The van der Waals surface area contributed by atoms with Crippen molar-refractivity contribution >= 4 is 29.8 Å². The molecule has 0 aromatic heterocycles. The molecule has 0 saturated carbocycles. The molecule has 4 amide bonds. The zero-order valence-corrected chi connectivity index (χ0v) is 14.3. The van der Waals surface area contributed by atoms with E-state index in [0.717, 1.165) is 43.5 Å². The van der Waals surface area contributed by atoms with E-state index in [0.29, 0.717) is 12.1 Å². The molecule has 0 radical (unpaired) electrons. The second-order valence-electron chi connectivity index (χ2n) is 6.89. The maximum absolute atomic E-state index is 12.7. The van der Waals surface area contributed by atoms with Crippen LogP contribution in [0.15, 0.2) is 18.2 Å². The molecule has 0 spiro atoms. The summed E-state index contributed by atoms with van der Waals surface area (Å²) in [6.07, 6.45) is 2.90. The zero-order valence-electron chi connectivity index (χ0n) is 14.3. The molecule has 2 fully saturated rings. The SMILES string of the molecule is O=CC1CCN(c2ccc3c(c2)CN(N2CCC(=O)NC2=O)C3=O)CC1. The van der Waals surface area contributed by atoms with Gasteiger partial charge in [0.05, 0.1) is 13.1 Å². The lowest BCUT2D eigenvalue weighted by atomic mass is 9.97. The van der Waals surface area contributed by atoms with Crippen molar-refractivity contribution in [1.29, 1.82) is 0 Å². The second-order valence-corrected chi connectivity index (χ2v) is 6.89. The summed E-state index contributed by atoms with van der Waals surface area (Å²) >= 11 is 0. The number of piperidine rings is 1. The lowest BCUT2D eigenvalue weighted by molar-refractivity contribution is -0.123. The number of benzene rings is 1. The van der Waals surface area contributed by atoms with Crippen LogP contribution in [-0.4, -0.2) is 53.8 Å². The number of hydrogen-bond donors (Lipinski definition) is 1. The quantitative estimate of drug-likeness (QED) is 0.813. The molecule has 8 nitrogen and oxygen atoms in total. The van der Waals surface area contributed by atoms with Crippen LogP contribution in [0, 0.1) is 5.92 Å². The summed E-state index contributed by atoms with van der Waals surface area (Å²) in [6.45, 7) is 2.15. The van der Waals surface area contributed by atoms with E-state index in [1.165, 1.54) is 10.0 Å². The number of aldehydes is 1. The average Bonchev–Trinajstić information content (AvgIpc) is 2.98. The normalized spacial score (nSPS) is 21.1. The maximum atomic E-state index is 12.7. The number of imide groups is 1. The Labute approximate surface area is 150 Å². The second kappa shape index (κ2) is 6.44. The molecule has 1 aromatic carbocycles. The van der Waals surface area contributed by atoms with Gasteiger partial charge in [-0.05, 0) is 36.6 Å². The van der Waals surface area contributed by atoms with Gasteiger partial charge in [-0.2, -0.15) is 0 Å². The number of amides is 4. The van der Waals surface area contributed by atoms with Crippen LogP contribution >= 0.6 is 0 Å². The van der Waals surface area contributed by atoms with E-state index in [1.54, 1.807) is 6.07 Å². The van der Waals surface area contributed by atoms with Crippen molar-refractivity contribution in [1.82, 2.24) is 15.3 Å². The summed E-state index contributed by atoms with van der Waals surface area (Å²) < 4.78 is 0. The van der Waals surface area contributed by atoms with Crippen molar-refractivity contribution in [2.75, 3.05) is 24.5 Å². The molecule has 26 heavy (non-hydrogen) atoms. The fraction of sp³-hybridized carbons (Fsp3) is 0.444. The molecule has 3 heterocycles. The molecular weight excluding hydrogens is 336 g/mol. The van der Waals surface area contributed by atoms with Crippen molar-refractivity contribution in [3.05, 3.63) is 29.3 Å². The molecule has 4 rings (SSSR count). The van der Waals surface area contributed by atoms with Gasteiger partial charge in [-0.3, -0.25) is 14.9 Å². The molecule has 1 N–H and O–H groups in total. The third-order valence-electron chi connectivity index (χ3n) is 5.29. The van der Waals surface area contributed by atoms with Gasteiger partial charge in [0.1, 0.15) is 6.29 Å². The smallest absolute Gasteiger partial charge is 0.342 e. The Hall–Kier alpha value is -2.90. The van der Waals surface area contributed by atoms with E-state index in [1.807, 2.05) is 12.1 Å². The first-order chi connectivity index (χ1) is 12.6. The van der Waals surface area contributed by atoms with Crippen LogP contribution in [0.3, 0.4) is 0 Å². The van der Waals surface area contributed by atoms with Gasteiger partial charge in [0.25, 0.3) is 5.91 Å². The maximum Gasteiger partial charge on any atom is 0.342 e. The van der Waals surface area contributed by atoms with Crippen LogP contribution in [0.25, 0.3) is 0 Å². The third kappa shape index (κ3) is 2.81. The van der Waals surface area contributed by atoms with Crippen LogP contribution in [0.2, 0.25) is 0 Å². The van der Waals surface area contributed by atoms with Gasteiger partial charge in [0, 0.05) is 36.7 Å². The zero-order chi connectivity index (χ0) is 18.3. The van der Waals surface area contributed by atoms with Crippen molar-refractivity contribution in [3.8, 4) is 0 Å². The van der Waals surface area contributed by atoms with Crippen LogP contribution in [-0.2, 0) is 16.1 Å². The van der Waals surface area contributed by atoms with Crippen molar-refractivity contribution < 1.29 is 19.2 Å². The van der Waals surface area contributed by atoms with Crippen LogP contribution in [0.5, 0.6) is 0 Å². The Morgan fingerprint density at radius 2 is 1.81 bits per heavy atom. The average molecular weight is 356 g/mol. The fourth-order valence-corrected chi connectivity index (χ4v) is 3.76. The molecular formula is C18H20N4O4. The highest BCUT2D eigenvalue weighted by Gasteiger charge is 2.37. The van der Waals surface area contributed by atoms with E-state index >= 15 is 0 Å². The molecule has 0 bridgehead atoms. The van der Waals surface area contributed by atoms with Crippen LogP contribution < -0.4 is 10.2 Å². The number of fused-ring (bicyclic) bond motifs is 1. The lowest BCUT2D eigenvalue weighted by Gasteiger charge is -2.33. The first-order valence-corrected chi connectivity index (χ1v) is 8.83. The van der Waals surface area contributed by atoms with Gasteiger partial charge < -0.3 is 9.69 Å². The largest absolute Gasteiger partial charge is 0.371 e. The van der Waals surface area contributed by atoms with Crippen molar-refractivity contribution in [3.63, 3.8) is 0 Å². The molecule has 8 heteroatoms. The molecule has 3 aliphatic heterocycles. The number of urea groups is 1. The van der Waals surface area contributed by atoms with Crippen molar-refractivity contribution in [2.24, 2.45) is 5.92 Å². The fourth-order valence-electron chi connectivity index (χ4n) is 3.76. The lowest BCUT2D eigenvalue weighted by Crippen LogP contribution is -2.56. The summed E-state index contributed by atoms with van der Waals surface area (Å²) in [4.78, 5) is 49.1. The summed E-state index contributed by atoms with van der Waals surface area (Å²) in [6, 6.07) is 5.15. The van der Waals surface area contributed by atoms with E-state index in [4.69, 9.17) is 0 Å². The first-order valence-electron chi connectivity index (χ1n) is 8.83. The minimum Gasteiger partial charge on any atom is -0.371 e. The Bertz CT molecular complexity index is 785. The molecule has 0 aliphatic carbocycles. The number of hydrogen-bond acceptors (Lipinski definition) is 5. The van der Waals surface area contributed by atoms with Gasteiger partial charge in [-0.1, -0.05) is 0 Å². The predicted octanol–water partition coefficient (Wildman–Crippen LogP) is 0.915. The minimum absolute atomic E-state index is 0.137. The summed E-state index contributed by atoms with van der Waals surface area (Å²) in [5, 5.41) is 4.95. The first kappa shape index (κ1) is 16.6. The number of nitrogens with one attached hydrogen (secondary N) is 1. The Balaban J connectivity index is 1.51. The van der Waals surface area contributed by atoms with E-state index in [-0.39, 0.29) is 30.7 Å². The van der Waals surface area contributed by atoms with E-state index in [9.17, 15) is 19.2 Å². The van der Waals surface area contributed by atoms with Gasteiger partial charge in [0.2, 0.25) is 5.91 Å². The molecule has 0 unspecified atom stereocenters. The standard InChI is InChI=1S/C18H20N4O4/c23-11-12-3-6-20(7-4-12)14-1-2-15-13(9-14)10-22(17(15)25)21-8-5-16(24)19-18(21)26/h1-2,9,11-12H,3-8,10H2,(H,19,24,26). The van der Waals surface area contributed by atoms with E-state index < -0.39 is 6.03 Å². The number of carbonyl (C=O) groups excluding carboxylic acids is 4. The van der Waals surface area contributed by atoms with Gasteiger partial charge >= 0.3 is 6.03 Å². The summed E-state index contributed by atoms with van der Waals surface area (Å²) in [5.41, 5.74) is 2.48. The summed E-state index contributed by atoms with van der Waals surface area (Å²) in [5.74, 6) is -0.412. The van der Waals surface area contributed by atoms with Crippen molar-refractivity contribution in [2.45, 2.75) is 25.8 Å². The Kier molecular flexibility index (Phi) is 4.10. The molecule has 136 valence electrons. The highest BCUT2D eigenvalue weighted by Crippen LogP contribution is 2.30.